The Morgan fingerprint density at radius 3 is 2.65 bits per heavy atom. The predicted molar refractivity (Wildman–Crippen MR) is 96.9 cm³/mol. The van der Waals surface area contributed by atoms with Crippen LogP contribution >= 0.6 is 0 Å². The summed E-state index contributed by atoms with van der Waals surface area (Å²) >= 11 is 0. The van der Waals surface area contributed by atoms with E-state index in [1.807, 2.05) is 25.1 Å². The van der Waals surface area contributed by atoms with Gasteiger partial charge < -0.3 is 14.8 Å². The number of hydrogen-bond acceptors (Lipinski definition) is 6. The minimum atomic E-state index is -0.0600. The Morgan fingerprint density at radius 2 is 2.04 bits per heavy atom. The number of pyridine rings is 1. The van der Waals surface area contributed by atoms with E-state index in [4.69, 9.17) is 9.47 Å². The number of ether oxygens (including phenoxy) is 2. The van der Waals surface area contributed by atoms with Gasteiger partial charge in [-0.15, -0.1) is 0 Å². The van der Waals surface area contributed by atoms with E-state index in [0.717, 1.165) is 5.56 Å². The van der Waals surface area contributed by atoms with Crippen LogP contribution in [0.25, 0.3) is 6.08 Å². The number of nitrogens with zero attached hydrogens (tertiary/aromatic N) is 3. The normalized spacial score (nSPS) is 14.8. The topological polar surface area (TPSA) is 86.2 Å². The first-order valence-electron chi connectivity index (χ1n) is 8.62. The molecule has 2 aromatic heterocycles. The highest BCUT2D eigenvalue weighted by molar-refractivity contribution is 5.73. The number of hydrogen-bond donors (Lipinski definition) is 1. The molecule has 3 rings (SSSR count). The van der Waals surface area contributed by atoms with Gasteiger partial charge in [0.2, 0.25) is 11.8 Å². The molecule has 0 aliphatic heterocycles. The summed E-state index contributed by atoms with van der Waals surface area (Å²) in [5.74, 6) is 1.55. The molecule has 0 aromatic carbocycles. The first-order valence-corrected chi connectivity index (χ1v) is 8.62. The van der Waals surface area contributed by atoms with Gasteiger partial charge in [0, 0.05) is 25.2 Å². The third kappa shape index (κ3) is 5.84. The zero-order valence-electron chi connectivity index (χ0n) is 14.9. The van der Waals surface area contributed by atoms with Gasteiger partial charge in [-0.3, -0.25) is 4.79 Å². The quantitative estimate of drug-likeness (QED) is 0.784. The van der Waals surface area contributed by atoms with Crippen molar-refractivity contribution >= 4 is 12.0 Å². The van der Waals surface area contributed by atoms with E-state index in [2.05, 4.69) is 20.3 Å². The van der Waals surface area contributed by atoms with Crippen LogP contribution in [0.5, 0.6) is 17.6 Å². The summed E-state index contributed by atoms with van der Waals surface area (Å²) in [5.41, 5.74) is 0.912. The van der Waals surface area contributed by atoms with Gasteiger partial charge in [0.05, 0.1) is 19.0 Å². The zero-order chi connectivity index (χ0) is 18.4. The number of carbonyl (C=O) groups is 1. The molecule has 1 aliphatic carbocycles. The molecule has 0 radical (unpaired) electrons. The van der Waals surface area contributed by atoms with Crippen LogP contribution in [0.2, 0.25) is 0 Å². The van der Waals surface area contributed by atoms with Crippen LogP contribution in [0.4, 0.5) is 0 Å². The second-order valence-corrected chi connectivity index (χ2v) is 6.34. The van der Waals surface area contributed by atoms with Gasteiger partial charge in [-0.2, -0.15) is 9.97 Å². The Bertz CT molecular complexity index is 755. The van der Waals surface area contributed by atoms with Crippen molar-refractivity contribution in [2.75, 3.05) is 6.61 Å². The first kappa shape index (κ1) is 17.8. The molecule has 0 bridgehead atoms. The molecule has 26 heavy (non-hydrogen) atoms. The van der Waals surface area contributed by atoms with Gasteiger partial charge in [0.1, 0.15) is 0 Å². The third-order valence-electron chi connectivity index (χ3n) is 3.74. The van der Waals surface area contributed by atoms with Crippen LogP contribution in [0.3, 0.4) is 0 Å². The molecule has 1 atom stereocenters. The van der Waals surface area contributed by atoms with Crippen molar-refractivity contribution in [1.29, 1.82) is 0 Å². The monoisotopic (exact) mass is 354 g/mol. The minimum Gasteiger partial charge on any atom is -0.463 e. The van der Waals surface area contributed by atoms with Gasteiger partial charge in [0.25, 0.3) is 0 Å². The lowest BCUT2D eigenvalue weighted by atomic mass is 10.2. The van der Waals surface area contributed by atoms with Crippen LogP contribution in [0.15, 0.2) is 36.8 Å². The number of aromatic nitrogens is 3. The van der Waals surface area contributed by atoms with Crippen molar-refractivity contribution in [1.82, 2.24) is 20.3 Å². The minimum absolute atomic E-state index is 0.0405. The Hall–Kier alpha value is -2.96. The Morgan fingerprint density at radius 1 is 1.27 bits per heavy atom. The molecule has 1 aliphatic rings. The maximum Gasteiger partial charge on any atom is 0.316 e. The van der Waals surface area contributed by atoms with Crippen molar-refractivity contribution in [3.05, 3.63) is 42.4 Å². The summed E-state index contributed by atoms with van der Waals surface area (Å²) in [5, 5.41) is 2.79. The molecule has 136 valence electrons. The molecule has 1 saturated carbocycles. The highest BCUT2D eigenvalue weighted by atomic mass is 16.5. The van der Waals surface area contributed by atoms with Gasteiger partial charge in [-0.05, 0) is 37.3 Å². The predicted octanol–water partition coefficient (Wildman–Crippen LogP) is 2.99. The molecular formula is C19H22N4O3. The number of amides is 1. The summed E-state index contributed by atoms with van der Waals surface area (Å²) in [6, 6.07) is 3.97. The van der Waals surface area contributed by atoms with Gasteiger partial charge in [-0.25, -0.2) is 4.98 Å². The molecule has 0 unspecified atom stereocenters. The molecule has 7 nitrogen and oxygen atoms in total. The summed E-state index contributed by atoms with van der Waals surface area (Å²) in [6.45, 7) is 4.08. The lowest BCUT2D eigenvalue weighted by Gasteiger charge is -2.07. The van der Waals surface area contributed by atoms with E-state index in [1.165, 1.54) is 19.8 Å². The van der Waals surface area contributed by atoms with Crippen LogP contribution in [0, 0.1) is 5.92 Å². The van der Waals surface area contributed by atoms with Crippen LogP contribution in [0.1, 0.15) is 32.3 Å². The van der Waals surface area contributed by atoms with Crippen LogP contribution in [-0.4, -0.2) is 33.5 Å². The second kappa shape index (κ2) is 8.42. The van der Waals surface area contributed by atoms with Gasteiger partial charge in [0.15, 0.2) is 5.75 Å². The van der Waals surface area contributed by atoms with E-state index < -0.39 is 0 Å². The Labute approximate surface area is 152 Å². The average molecular weight is 354 g/mol. The third-order valence-corrected chi connectivity index (χ3v) is 3.74. The zero-order valence-corrected chi connectivity index (χ0v) is 14.9. The fourth-order valence-corrected chi connectivity index (χ4v) is 2.20. The largest absolute Gasteiger partial charge is 0.463 e. The smallest absolute Gasteiger partial charge is 0.316 e. The van der Waals surface area contributed by atoms with E-state index in [-0.39, 0.29) is 11.9 Å². The lowest BCUT2D eigenvalue weighted by molar-refractivity contribution is -0.119. The SMILES string of the molecule is CC(=O)N[C@@H](C)/C=C/c1ccc(Oc2cnc(OCC3CC3)nc2)nc1. The molecular weight excluding hydrogens is 332 g/mol. The lowest BCUT2D eigenvalue weighted by Crippen LogP contribution is -2.28. The van der Waals surface area contributed by atoms with Crippen molar-refractivity contribution in [2.24, 2.45) is 5.92 Å². The van der Waals surface area contributed by atoms with Crippen LogP contribution < -0.4 is 14.8 Å². The molecule has 1 N–H and O–H groups in total. The number of rotatable bonds is 8. The Kier molecular flexibility index (Phi) is 5.78. The van der Waals surface area contributed by atoms with E-state index >= 15 is 0 Å². The molecule has 1 amide bonds. The molecule has 1 fully saturated rings. The first-order chi connectivity index (χ1) is 12.6. The van der Waals surface area contributed by atoms with E-state index in [1.54, 1.807) is 24.7 Å². The van der Waals surface area contributed by atoms with E-state index in [9.17, 15) is 4.79 Å². The average Bonchev–Trinajstić information content (AvgIpc) is 3.44. The standard InChI is InChI=1S/C19H22N4O3/c1-13(23-14(2)24)3-4-15-7-8-18(20-9-15)26-17-10-21-19(22-11-17)25-12-16-5-6-16/h3-4,7-11,13,16H,5-6,12H2,1-2H3,(H,23,24)/b4-3+/t13-/m0/s1. The molecule has 0 spiro atoms. The van der Waals surface area contributed by atoms with Gasteiger partial charge >= 0.3 is 6.01 Å². The molecule has 7 heteroatoms. The van der Waals surface area contributed by atoms with Crippen molar-refractivity contribution in [3.63, 3.8) is 0 Å². The maximum atomic E-state index is 11.0. The number of carbonyl (C=O) groups excluding carboxylic acids is 1. The summed E-state index contributed by atoms with van der Waals surface area (Å²) in [4.78, 5) is 23.5. The van der Waals surface area contributed by atoms with Crippen LogP contribution in [-0.2, 0) is 4.79 Å². The summed E-state index contributed by atoms with van der Waals surface area (Å²) in [7, 11) is 0. The Balaban J connectivity index is 1.51. The molecule has 2 heterocycles. The fraction of sp³-hybridized carbons (Fsp3) is 0.368. The highest BCUT2D eigenvalue weighted by Gasteiger charge is 2.22. The molecule has 0 saturated heterocycles. The summed E-state index contributed by atoms with van der Waals surface area (Å²) in [6.07, 6.45) is 11.1. The number of nitrogens with one attached hydrogen (secondary N) is 1. The summed E-state index contributed by atoms with van der Waals surface area (Å²) < 4.78 is 11.1. The van der Waals surface area contributed by atoms with E-state index in [0.29, 0.717) is 30.2 Å². The maximum absolute atomic E-state index is 11.0. The highest BCUT2D eigenvalue weighted by Crippen LogP contribution is 2.29. The molecule has 2 aromatic rings. The second-order valence-electron chi connectivity index (χ2n) is 6.34. The fourth-order valence-electron chi connectivity index (χ4n) is 2.20. The van der Waals surface area contributed by atoms with Gasteiger partial charge in [-0.1, -0.05) is 12.2 Å². The van der Waals surface area contributed by atoms with Crippen molar-refractivity contribution in [2.45, 2.75) is 32.7 Å². The van der Waals surface area contributed by atoms with Crippen molar-refractivity contribution in [3.8, 4) is 17.6 Å². The van der Waals surface area contributed by atoms with Crippen molar-refractivity contribution < 1.29 is 14.3 Å².